The Kier molecular flexibility index (Phi) is 3.32. The molecule has 0 saturated carbocycles. The molecule has 4 nitrogen and oxygen atoms in total. The highest BCUT2D eigenvalue weighted by molar-refractivity contribution is 5.85. The molecule has 1 aliphatic rings. The fourth-order valence-electron chi connectivity index (χ4n) is 3.53. The zero-order valence-electron chi connectivity index (χ0n) is 14.9. The minimum Gasteiger partial charge on any atom is -0.366 e. The van der Waals surface area contributed by atoms with E-state index in [4.69, 9.17) is 0 Å². The van der Waals surface area contributed by atoms with Gasteiger partial charge in [0.1, 0.15) is 5.82 Å². The standard InChI is InChI=1S/C21H21N3O/c1-13-12-21(2,3)24(4)18-10-9-14(11-16(13)18)19-22-17-8-6-5-7-15(17)20(25)23-19/h5-12H,1-4H3,(H,22,23,25). The van der Waals surface area contributed by atoms with Gasteiger partial charge < -0.3 is 9.88 Å². The number of allylic oxidation sites excluding steroid dienone is 1. The molecule has 0 aliphatic carbocycles. The Morgan fingerprint density at radius 2 is 1.88 bits per heavy atom. The Hall–Kier alpha value is -2.88. The topological polar surface area (TPSA) is 49.0 Å². The van der Waals surface area contributed by atoms with E-state index in [1.807, 2.05) is 24.3 Å². The van der Waals surface area contributed by atoms with Gasteiger partial charge in [0, 0.05) is 23.9 Å². The number of benzene rings is 2. The molecule has 0 amide bonds. The molecular weight excluding hydrogens is 310 g/mol. The van der Waals surface area contributed by atoms with Gasteiger partial charge in [-0.05, 0) is 56.7 Å². The lowest BCUT2D eigenvalue weighted by Gasteiger charge is -2.40. The number of aromatic amines is 1. The van der Waals surface area contributed by atoms with E-state index in [2.05, 4.69) is 60.9 Å². The molecule has 2 heterocycles. The van der Waals surface area contributed by atoms with Crippen molar-refractivity contribution in [1.82, 2.24) is 9.97 Å². The maximum Gasteiger partial charge on any atom is 0.259 e. The van der Waals surface area contributed by atoms with Gasteiger partial charge >= 0.3 is 0 Å². The summed E-state index contributed by atoms with van der Waals surface area (Å²) in [6, 6.07) is 13.7. The molecule has 0 radical (unpaired) electrons. The molecule has 0 atom stereocenters. The van der Waals surface area contributed by atoms with Crippen molar-refractivity contribution in [1.29, 1.82) is 0 Å². The SMILES string of the molecule is CC1=CC(C)(C)N(C)c2ccc(-c3nc4ccccc4c(=O)[nH]3)cc21. The van der Waals surface area contributed by atoms with E-state index in [9.17, 15) is 4.79 Å². The van der Waals surface area contributed by atoms with Crippen molar-refractivity contribution in [3.63, 3.8) is 0 Å². The quantitative estimate of drug-likeness (QED) is 0.726. The van der Waals surface area contributed by atoms with E-state index in [1.54, 1.807) is 6.07 Å². The van der Waals surface area contributed by atoms with E-state index in [-0.39, 0.29) is 11.1 Å². The van der Waals surface area contributed by atoms with Gasteiger partial charge in [-0.25, -0.2) is 4.98 Å². The van der Waals surface area contributed by atoms with Crippen molar-refractivity contribution in [3.05, 3.63) is 64.5 Å². The first-order valence-electron chi connectivity index (χ1n) is 8.44. The predicted octanol–water partition coefficient (Wildman–Crippen LogP) is 4.22. The Balaban J connectivity index is 1.89. The van der Waals surface area contributed by atoms with Gasteiger partial charge in [0.15, 0.2) is 0 Å². The van der Waals surface area contributed by atoms with Crippen molar-refractivity contribution < 1.29 is 0 Å². The summed E-state index contributed by atoms with van der Waals surface area (Å²) in [6.45, 7) is 6.54. The number of rotatable bonds is 1. The first-order valence-corrected chi connectivity index (χ1v) is 8.44. The van der Waals surface area contributed by atoms with Crippen molar-refractivity contribution >= 4 is 22.2 Å². The number of hydrogen-bond acceptors (Lipinski definition) is 3. The first-order chi connectivity index (χ1) is 11.9. The number of nitrogens with zero attached hydrogens (tertiary/aromatic N) is 2. The summed E-state index contributed by atoms with van der Waals surface area (Å²) < 4.78 is 0. The molecule has 2 aromatic carbocycles. The van der Waals surface area contributed by atoms with Crippen LogP contribution in [0.25, 0.3) is 27.9 Å². The average Bonchev–Trinajstić information content (AvgIpc) is 2.59. The molecule has 0 unspecified atom stereocenters. The van der Waals surface area contributed by atoms with E-state index in [0.717, 1.165) is 5.56 Å². The number of aromatic nitrogens is 2. The monoisotopic (exact) mass is 331 g/mol. The van der Waals surface area contributed by atoms with Gasteiger partial charge in [0.25, 0.3) is 5.56 Å². The first kappa shape index (κ1) is 15.6. The number of nitrogens with one attached hydrogen (secondary N) is 1. The normalized spacial score (nSPS) is 15.8. The minimum atomic E-state index is -0.108. The molecule has 126 valence electrons. The number of likely N-dealkylation sites (N-methyl/N-ethyl adjacent to an activating group) is 1. The predicted molar refractivity (Wildman–Crippen MR) is 104 cm³/mol. The molecule has 4 heteroatoms. The van der Waals surface area contributed by atoms with Crippen LogP contribution >= 0.6 is 0 Å². The Morgan fingerprint density at radius 1 is 1.12 bits per heavy atom. The molecule has 3 aromatic rings. The lowest BCUT2D eigenvalue weighted by molar-refractivity contribution is 0.598. The summed E-state index contributed by atoms with van der Waals surface area (Å²) in [6.07, 6.45) is 2.27. The highest BCUT2D eigenvalue weighted by Crippen LogP contribution is 2.39. The zero-order chi connectivity index (χ0) is 17.8. The van der Waals surface area contributed by atoms with Gasteiger partial charge in [-0.3, -0.25) is 4.79 Å². The smallest absolute Gasteiger partial charge is 0.259 e. The number of hydrogen-bond donors (Lipinski definition) is 1. The van der Waals surface area contributed by atoms with E-state index < -0.39 is 0 Å². The summed E-state index contributed by atoms with van der Waals surface area (Å²) in [5.41, 5.74) is 5.11. The van der Waals surface area contributed by atoms with Gasteiger partial charge in [-0.2, -0.15) is 0 Å². The minimum absolute atomic E-state index is 0.0197. The lowest BCUT2D eigenvalue weighted by atomic mass is 9.88. The zero-order valence-corrected chi connectivity index (χ0v) is 14.9. The highest BCUT2D eigenvalue weighted by atomic mass is 16.1. The molecule has 0 spiro atoms. The fourth-order valence-corrected chi connectivity index (χ4v) is 3.53. The van der Waals surface area contributed by atoms with Crippen LogP contribution in [0.1, 0.15) is 26.3 Å². The van der Waals surface area contributed by atoms with E-state index in [0.29, 0.717) is 16.7 Å². The van der Waals surface area contributed by atoms with Crippen molar-refractivity contribution in [2.75, 3.05) is 11.9 Å². The van der Waals surface area contributed by atoms with E-state index in [1.165, 1.54) is 16.8 Å². The third-order valence-electron chi connectivity index (χ3n) is 5.10. The Morgan fingerprint density at radius 3 is 2.68 bits per heavy atom. The third-order valence-corrected chi connectivity index (χ3v) is 5.10. The second kappa shape index (κ2) is 5.31. The molecule has 1 N–H and O–H groups in total. The molecule has 0 saturated heterocycles. The van der Waals surface area contributed by atoms with Crippen LogP contribution in [-0.4, -0.2) is 22.6 Å². The van der Waals surface area contributed by atoms with Crippen molar-refractivity contribution in [3.8, 4) is 11.4 Å². The van der Waals surface area contributed by atoms with Crippen molar-refractivity contribution in [2.45, 2.75) is 26.3 Å². The summed E-state index contributed by atoms with van der Waals surface area (Å²) in [4.78, 5) is 22.2. The molecule has 4 rings (SSSR count). The lowest BCUT2D eigenvalue weighted by Crippen LogP contribution is -2.42. The summed E-state index contributed by atoms with van der Waals surface area (Å²) in [7, 11) is 2.11. The Labute approximate surface area is 146 Å². The van der Waals surface area contributed by atoms with Gasteiger partial charge in [-0.1, -0.05) is 18.2 Å². The van der Waals surface area contributed by atoms with Gasteiger partial charge in [0.2, 0.25) is 0 Å². The van der Waals surface area contributed by atoms with Crippen LogP contribution in [-0.2, 0) is 0 Å². The van der Waals surface area contributed by atoms with Crippen LogP contribution < -0.4 is 10.5 Å². The number of fused-ring (bicyclic) bond motifs is 2. The van der Waals surface area contributed by atoms with Crippen LogP contribution in [0.4, 0.5) is 5.69 Å². The maximum atomic E-state index is 12.3. The molecular formula is C21H21N3O. The molecule has 25 heavy (non-hydrogen) atoms. The summed E-state index contributed by atoms with van der Waals surface area (Å²) >= 11 is 0. The van der Waals surface area contributed by atoms with Crippen LogP contribution in [0.15, 0.2) is 53.3 Å². The summed E-state index contributed by atoms with van der Waals surface area (Å²) in [5.74, 6) is 0.604. The molecule has 0 fully saturated rings. The highest BCUT2D eigenvalue weighted by Gasteiger charge is 2.28. The van der Waals surface area contributed by atoms with Gasteiger partial charge in [0.05, 0.1) is 16.4 Å². The fraction of sp³-hybridized carbons (Fsp3) is 0.238. The van der Waals surface area contributed by atoms with Crippen LogP contribution in [0, 0.1) is 0 Å². The maximum absolute atomic E-state index is 12.3. The van der Waals surface area contributed by atoms with E-state index >= 15 is 0 Å². The molecule has 1 aliphatic heterocycles. The van der Waals surface area contributed by atoms with Gasteiger partial charge in [-0.15, -0.1) is 0 Å². The molecule has 1 aromatic heterocycles. The number of anilines is 1. The second-order valence-electron chi connectivity index (χ2n) is 7.20. The summed E-state index contributed by atoms with van der Waals surface area (Å²) in [5, 5.41) is 0.613. The second-order valence-corrected chi connectivity index (χ2v) is 7.20. The van der Waals surface area contributed by atoms with Crippen LogP contribution in [0.3, 0.4) is 0 Å². The van der Waals surface area contributed by atoms with Crippen molar-refractivity contribution in [2.24, 2.45) is 0 Å². The van der Waals surface area contributed by atoms with Crippen LogP contribution in [0.2, 0.25) is 0 Å². The third kappa shape index (κ3) is 2.45. The van der Waals surface area contributed by atoms with Crippen LogP contribution in [0.5, 0.6) is 0 Å². The Bertz CT molecular complexity index is 1080. The molecule has 0 bridgehead atoms. The largest absolute Gasteiger partial charge is 0.366 e. The average molecular weight is 331 g/mol. The number of H-pyrrole nitrogens is 1. The number of para-hydroxylation sites is 1.